The lowest BCUT2D eigenvalue weighted by atomic mass is 9.98. The number of nitrogens with one attached hydrogen (secondary N) is 1. The smallest absolute Gasteiger partial charge is 0.0875 e. The van der Waals surface area contributed by atoms with Gasteiger partial charge in [0, 0.05) is 0 Å². The van der Waals surface area contributed by atoms with Crippen molar-refractivity contribution in [1.29, 1.82) is 0 Å². The molecule has 0 amide bonds. The molecule has 0 aromatic rings. The van der Waals surface area contributed by atoms with E-state index in [0.29, 0.717) is 12.7 Å². The zero-order chi connectivity index (χ0) is 10.4. The van der Waals surface area contributed by atoms with E-state index in [0.717, 1.165) is 38.8 Å². The zero-order valence-electron chi connectivity index (χ0n) is 9.38. The first-order chi connectivity index (χ1) is 6.70. The van der Waals surface area contributed by atoms with Crippen LogP contribution in [-0.4, -0.2) is 36.5 Å². The summed E-state index contributed by atoms with van der Waals surface area (Å²) in [5.41, 5.74) is -0.606. The molecule has 84 valence electrons. The van der Waals surface area contributed by atoms with Gasteiger partial charge in [0.15, 0.2) is 0 Å². The maximum Gasteiger partial charge on any atom is 0.0875 e. The Bertz CT molecular complexity index is 151. The van der Waals surface area contributed by atoms with Gasteiger partial charge in [-0.25, -0.2) is 0 Å². The number of aliphatic hydroxyl groups is 1. The predicted molar refractivity (Wildman–Crippen MR) is 57.4 cm³/mol. The summed E-state index contributed by atoms with van der Waals surface area (Å²) >= 11 is 0. The van der Waals surface area contributed by atoms with E-state index < -0.39 is 5.60 Å². The predicted octanol–water partition coefficient (Wildman–Crippen LogP) is 1.31. The standard InChI is InChI=1S/C11H23NO2/c1-3-11(13,4-2)9-14-10-5-7-12-8-6-10/h10,12-13H,3-9H2,1-2H3. The summed E-state index contributed by atoms with van der Waals surface area (Å²) in [6.45, 7) is 6.60. The lowest BCUT2D eigenvalue weighted by Crippen LogP contribution is -2.38. The average molecular weight is 201 g/mol. The van der Waals surface area contributed by atoms with Crippen LogP contribution in [0.1, 0.15) is 39.5 Å². The maximum absolute atomic E-state index is 10.0. The molecule has 3 heteroatoms. The van der Waals surface area contributed by atoms with Crippen LogP contribution < -0.4 is 5.32 Å². The molecule has 0 aromatic heterocycles. The summed E-state index contributed by atoms with van der Waals surface area (Å²) in [6.07, 6.45) is 4.04. The van der Waals surface area contributed by atoms with Gasteiger partial charge in [-0.15, -0.1) is 0 Å². The van der Waals surface area contributed by atoms with E-state index in [1.54, 1.807) is 0 Å². The van der Waals surface area contributed by atoms with Gasteiger partial charge in [0.05, 0.1) is 18.3 Å². The first kappa shape index (κ1) is 12.0. The third-order valence-electron chi connectivity index (χ3n) is 3.19. The molecule has 0 unspecified atom stereocenters. The summed E-state index contributed by atoms with van der Waals surface area (Å²) in [6, 6.07) is 0. The van der Waals surface area contributed by atoms with Crippen molar-refractivity contribution in [1.82, 2.24) is 5.32 Å². The summed E-state index contributed by atoms with van der Waals surface area (Å²) in [4.78, 5) is 0. The fourth-order valence-electron chi connectivity index (χ4n) is 1.69. The normalized spacial score (nSPS) is 19.9. The fourth-order valence-corrected chi connectivity index (χ4v) is 1.69. The zero-order valence-corrected chi connectivity index (χ0v) is 9.38. The Kier molecular flexibility index (Phi) is 4.85. The molecule has 0 atom stereocenters. The Hall–Kier alpha value is -0.120. The SMILES string of the molecule is CCC(O)(CC)COC1CCNCC1. The Morgan fingerprint density at radius 3 is 2.36 bits per heavy atom. The van der Waals surface area contributed by atoms with Gasteiger partial charge in [0.1, 0.15) is 0 Å². The molecule has 0 bridgehead atoms. The molecule has 3 nitrogen and oxygen atoms in total. The van der Waals surface area contributed by atoms with Crippen LogP contribution in [0.3, 0.4) is 0 Å². The first-order valence-corrected chi connectivity index (χ1v) is 5.75. The van der Waals surface area contributed by atoms with Crippen LogP contribution in [0.2, 0.25) is 0 Å². The second kappa shape index (κ2) is 5.69. The van der Waals surface area contributed by atoms with Crippen molar-refractivity contribution in [3.63, 3.8) is 0 Å². The molecule has 1 fully saturated rings. The summed E-state index contributed by atoms with van der Waals surface area (Å²) < 4.78 is 5.74. The highest BCUT2D eigenvalue weighted by Gasteiger charge is 2.24. The van der Waals surface area contributed by atoms with Crippen LogP contribution in [0.4, 0.5) is 0 Å². The van der Waals surface area contributed by atoms with E-state index in [4.69, 9.17) is 4.74 Å². The van der Waals surface area contributed by atoms with Crippen molar-refractivity contribution < 1.29 is 9.84 Å². The summed E-state index contributed by atoms with van der Waals surface area (Å²) in [5.74, 6) is 0. The van der Waals surface area contributed by atoms with E-state index in [1.165, 1.54) is 0 Å². The molecule has 1 rings (SSSR count). The second-order valence-corrected chi connectivity index (χ2v) is 4.19. The minimum absolute atomic E-state index is 0.348. The van der Waals surface area contributed by atoms with Crippen LogP contribution in [0.5, 0.6) is 0 Å². The van der Waals surface area contributed by atoms with Gasteiger partial charge in [0.2, 0.25) is 0 Å². The molecule has 1 saturated heterocycles. The molecule has 1 aliphatic heterocycles. The number of hydrogen-bond donors (Lipinski definition) is 2. The molecular formula is C11H23NO2. The van der Waals surface area contributed by atoms with Gasteiger partial charge < -0.3 is 15.2 Å². The minimum atomic E-state index is -0.606. The van der Waals surface area contributed by atoms with Gasteiger partial charge in [-0.2, -0.15) is 0 Å². The first-order valence-electron chi connectivity index (χ1n) is 5.75. The largest absolute Gasteiger partial charge is 0.388 e. The van der Waals surface area contributed by atoms with Crippen molar-refractivity contribution in [3.05, 3.63) is 0 Å². The highest BCUT2D eigenvalue weighted by atomic mass is 16.5. The van der Waals surface area contributed by atoms with E-state index >= 15 is 0 Å². The lowest BCUT2D eigenvalue weighted by Gasteiger charge is -2.29. The molecule has 2 N–H and O–H groups in total. The molecule has 0 saturated carbocycles. The summed E-state index contributed by atoms with van der Waals surface area (Å²) in [5, 5.41) is 13.3. The highest BCUT2D eigenvalue weighted by molar-refractivity contribution is 4.76. The molecule has 0 aliphatic carbocycles. The number of ether oxygens (including phenoxy) is 1. The van der Waals surface area contributed by atoms with E-state index in [-0.39, 0.29) is 0 Å². The number of piperidine rings is 1. The highest BCUT2D eigenvalue weighted by Crippen LogP contribution is 2.17. The van der Waals surface area contributed by atoms with Crippen LogP contribution in [0.15, 0.2) is 0 Å². The van der Waals surface area contributed by atoms with E-state index in [1.807, 2.05) is 13.8 Å². The van der Waals surface area contributed by atoms with Gasteiger partial charge in [-0.3, -0.25) is 0 Å². The fraction of sp³-hybridized carbons (Fsp3) is 1.00. The van der Waals surface area contributed by atoms with Gasteiger partial charge in [-0.05, 0) is 38.8 Å². The molecule has 0 aromatic carbocycles. The van der Waals surface area contributed by atoms with Crippen LogP contribution in [0.25, 0.3) is 0 Å². The molecule has 0 spiro atoms. The third-order valence-corrected chi connectivity index (χ3v) is 3.19. The quantitative estimate of drug-likeness (QED) is 0.704. The topological polar surface area (TPSA) is 41.5 Å². The molecule has 14 heavy (non-hydrogen) atoms. The van der Waals surface area contributed by atoms with Crippen LogP contribution in [0, 0.1) is 0 Å². The molecule has 1 aliphatic rings. The molecular weight excluding hydrogens is 178 g/mol. The Morgan fingerprint density at radius 2 is 1.86 bits per heavy atom. The Labute approximate surface area is 86.8 Å². The minimum Gasteiger partial charge on any atom is -0.388 e. The third kappa shape index (κ3) is 3.56. The van der Waals surface area contributed by atoms with Gasteiger partial charge in [0.25, 0.3) is 0 Å². The second-order valence-electron chi connectivity index (χ2n) is 4.19. The van der Waals surface area contributed by atoms with E-state index in [9.17, 15) is 5.11 Å². The van der Waals surface area contributed by atoms with Crippen molar-refractivity contribution in [2.75, 3.05) is 19.7 Å². The number of rotatable bonds is 5. The number of hydrogen-bond acceptors (Lipinski definition) is 3. The lowest BCUT2D eigenvalue weighted by molar-refractivity contribution is -0.0827. The molecule has 0 radical (unpaired) electrons. The average Bonchev–Trinajstić information content (AvgIpc) is 2.27. The Morgan fingerprint density at radius 1 is 1.29 bits per heavy atom. The van der Waals surface area contributed by atoms with Crippen molar-refractivity contribution in [2.24, 2.45) is 0 Å². The van der Waals surface area contributed by atoms with Crippen LogP contribution >= 0.6 is 0 Å². The maximum atomic E-state index is 10.0. The van der Waals surface area contributed by atoms with Gasteiger partial charge in [-0.1, -0.05) is 13.8 Å². The van der Waals surface area contributed by atoms with E-state index in [2.05, 4.69) is 5.32 Å². The summed E-state index contributed by atoms with van der Waals surface area (Å²) in [7, 11) is 0. The van der Waals surface area contributed by atoms with Crippen molar-refractivity contribution >= 4 is 0 Å². The monoisotopic (exact) mass is 201 g/mol. The Balaban J connectivity index is 2.23. The van der Waals surface area contributed by atoms with Gasteiger partial charge >= 0.3 is 0 Å². The van der Waals surface area contributed by atoms with Crippen LogP contribution in [-0.2, 0) is 4.74 Å². The molecule has 1 heterocycles. The van der Waals surface area contributed by atoms with Crippen molar-refractivity contribution in [3.8, 4) is 0 Å². The van der Waals surface area contributed by atoms with Crippen molar-refractivity contribution in [2.45, 2.75) is 51.2 Å².